The number of halogens is 5. The van der Waals surface area contributed by atoms with E-state index in [-0.39, 0.29) is 41.3 Å². The third-order valence-electron chi connectivity index (χ3n) is 8.38. The van der Waals surface area contributed by atoms with Crippen LogP contribution in [0.1, 0.15) is 60.0 Å². The van der Waals surface area contributed by atoms with E-state index in [1.54, 1.807) is 21.6 Å². The molecule has 1 saturated carbocycles. The molecule has 0 bridgehead atoms. The van der Waals surface area contributed by atoms with Gasteiger partial charge in [0, 0.05) is 61.7 Å². The molecule has 2 aromatic heterocycles. The maximum atomic E-state index is 14.0. The van der Waals surface area contributed by atoms with Crippen molar-refractivity contribution >= 4 is 23.4 Å². The van der Waals surface area contributed by atoms with Gasteiger partial charge in [-0.3, -0.25) is 19.4 Å². The number of carbonyl (C=O) groups excluding carboxylic acids is 3. The Morgan fingerprint density at radius 3 is 2.32 bits per heavy atom. The quantitative estimate of drug-likeness (QED) is 0.342. The third-order valence-corrected chi connectivity index (χ3v) is 8.38. The number of nitrogens with one attached hydrogen (secondary N) is 2. The summed E-state index contributed by atoms with van der Waals surface area (Å²) in [5.74, 6) is -4.66. The summed E-state index contributed by atoms with van der Waals surface area (Å²) in [5, 5.41) is 5.46. The van der Waals surface area contributed by atoms with Crippen molar-refractivity contribution in [3.63, 3.8) is 0 Å². The molecule has 1 atom stereocenters. The molecular formula is C31H32F5N5O3. The zero-order valence-corrected chi connectivity index (χ0v) is 24.2. The van der Waals surface area contributed by atoms with Crippen LogP contribution in [-0.4, -0.2) is 50.7 Å². The zero-order valence-electron chi connectivity index (χ0n) is 24.2. The standard InChI is InChI=1S/C31H32F5N5O3/c1-18-26(24(11-14-37-18)31(34,35)36)20-3-5-22(6-4-20)38-29(44)27(21-9-12-30(32,33)13-10-21)39-28(43)25-8-7-23-17-40(19(2)42)15-16-41(23)25/h3-8,11,14,21,27H,9-10,12-13,15-17H2,1-2H3,(H,38,44)(H,39,43)/t27-/m0/s1. The average Bonchev–Trinajstić information content (AvgIpc) is 3.39. The van der Waals surface area contributed by atoms with Crippen LogP contribution in [0.5, 0.6) is 0 Å². The van der Waals surface area contributed by atoms with Crippen LogP contribution in [0, 0.1) is 12.8 Å². The van der Waals surface area contributed by atoms with Gasteiger partial charge in [-0.2, -0.15) is 13.2 Å². The predicted molar refractivity (Wildman–Crippen MR) is 152 cm³/mol. The summed E-state index contributed by atoms with van der Waals surface area (Å²) in [4.78, 5) is 44.4. The summed E-state index contributed by atoms with van der Waals surface area (Å²) in [6.45, 7) is 4.08. The SMILES string of the molecule is CC(=O)N1CCn2c(ccc2C(=O)N[C@H](C(=O)Nc2ccc(-c3c(C(F)(F)F)ccnc3C)cc2)C2CCC(F)(F)CC2)C1. The van der Waals surface area contributed by atoms with E-state index in [1.807, 2.05) is 0 Å². The van der Waals surface area contributed by atoms with E-state index in [9.17, 15) is 36.3 Å². The van der Waals surface area contributed by atoms with Crippen LogP contribution >= 0.6 is 0 Å². The fourth-order valence-electron chi connectivity index (χ4n) is 5.99. The maximum absolute atomic E-state index is 14.0. The number of anilines is 1. The van der Waals surface area contributed by atoms with Gasteiger partial charge in [0.05, 0.1) is 12.1 Å². The van der Waals surface area contributed by atoms with E-state index < -0.39 is 54.3 Å². The van der Waals surface area contributed by atoms with Crippen molar-refractivity contribution in [3.05, 3.63) is 71.3 Å². The molecule has 0 unspecified atom stereocenters. The van der Waals surface area contributed by atoms with Crippen molar-refractivity contribution in [3.8, 4) is 11.1 Å². The molecule has 1 fully saturated rings. The Labute approximate surface area is 250 Å². The number of aromatic nitrogens is 2. The minimum absolute atomic E-state index is 0.0185. The van der Waals surface area contributed by atoms with Crippen LogP contribution in [0.2, 0.25) is 0 Å². The van der Waals surface area contributed by atoms with Crippen LogP contribution < -0.4 is 10.6 Å². The number of amides is 3. The van der Waals surface area contributed by atoms with Gasteiger partial charge in [0.25, 0.3) is 5.91 Å². The first kappa shape index (κ1) is 31.1. The Balaban J connectivity index is 1.36. The molecule has 0 saturated heterocycles. The minimum Gasteiger partial charge on any atom is -0.339 e. The number of hydrogen-bond donors (Lipinski definition) is 2. The monoisotopic (exact) mass is 617 g/mol. The fourth-order valence-corrected chi connectivity index (χ4v) is 5.99. The molecule has 8 nitrogen and oxygen atoms in total. The molecule has 5 rings (SSSR count). The lowest BCUT2D eigenvalue weighted by Gasteiger charge is -2.33. The van der Waals surface area contributed by atoms with Crippen molar-refractivity contribution < 1.29 is 36.3 Å². The van der Waals surface area contributed by atoms with E-state index in [4.69, 9.17) is 0 Å². The van der Waals surface area contributed by atoms with Crippen LogP contribution in [0.15, 0.2) is 48.7 Å². The predicted octanol–water partition coefficient (Wildman–Crippen LogP) is 5.80. The number of pyridine rings is 1. The zero-order chi connectivity index (χ0) is 31.8. The largest absolute Gasteiger partial charge is 0.417 e. The topological polar surface area (TPSA) is 96.3 Å². The van der Waals surface area contributed by atoms with Crippen molar-refractivity contribution in [1.82, 2.24) is 19.8 Å². The molecule has 13 heteroatoms. The first-order valence-electron chi connectivity index (χ1n) is 14.3. The van der Waals surface area contributed by atoms with Crippen LogP contribution in [-0.2, 0) is 28.9 Å². The number of alkyl halides is 5. The van der Waals surface area contributed by atoms with Crippen LogP contribution in [0.3, 0.4) is 0 Å². The number of carbonyl (C=O) groups is 3. The average molecular weight is 618 g/mol. The lowest BCUT2D eigenvalue weighted by atomic mass is 9.81. The van der Waals surface area contributed by atoms with Crippen molar-refractivity contribution in [1.29, 1.82) is 0 Å². The molecule has 3 aromatic rings. The van der Waals surface area contributed by atoms with E-state index in [0.29, 0.717) is 25.3 Å². The van der Waals surface area contributed by atoms with E-state index in [2.05, 4.69) is 15.6 Å². The summed E-state index contributed by atoms with van der Waals surface area (Å²) in [5.41, 5.74) is 0.843. The van der Waals surface area contributed by atoms with Gasteiger partial charge >= 0.3 is 6.18 Å². The number of benzene rings is 1. The Bertz CT molecular complexity index is 1560. The molecule has 1 aliphatic heterocycles. The van der Waals surface area contributed by atoms with Crippen LogP contribution in [0.4, 0.5) is 27.6 Å². The molecule has 2 N–H and O–H groups in total. The van der Waals surface area contributed by atoms with Crippen molar-refractivity contribution in [2.75, 3.05) is 11.9 Å². The number of aryl methyl sites for hydroxylation is 1. The molecule has 0 spiro atoms. The van der Waals surface area contributed by atoms with Gasteiger partial charge in [-0.1, -0.05) is 12.1 Å². The Kier molecular flexibility index (Phi) is 8.50. The van der Waals surface area contributed by atoms with Gasteiger partial charge in [-0.25, -0.2) is 8.78 Å². The van der Waals surface area contributed by atoms with Crippen LogP contribution in [0.25, 0.3) is 11.1 Å². The van der Waals surface area contributed by atoms with E-state index in [1.165, 1.54) is 38.1 Å². The number of hydrogen-bond acceptors (Lipinski definition) is 4. The van der Waals surface area contributed by atoms with Gasteiger partial charge in [0.15, 0.2) is 0 Å². The second kappa shape index (κ2) is 12.0. The van der Waals surface area contributed by atoms with E-state index >= 15 is 0 Å². The fraction of sp³-hybridized carbons (Fsp3) is 0.419. The molecular weight excluding hydrogens is 585 g/mol. The summed E-state index contributed by atoms with van der Waals surface area (Å²) in [7, 11) is 0. The van der Waals surface area contributed by atoms with Gasteiger partial charge in [-0.15, -0.1) is 0 Å². The van der Waals surface area contributed by atoms with Gasteiger partial charge in [0.1, 0.15) is 11.7 Å². The van der Waals surface area contributed by atoms with E-state index in [0.717, 1.165) is 18.0 Å². The Hall–Kier alpha value is -4.29. The minimum atomic E-state index is -4.59. The third kappa shape index (κ3) is 6.61. The summed E-state index contributed by atoms with van der Waals surface area (Å²) >= 11 is 0. The van der Waals surface area contributed by atoms with Crippen molar-refractivity contribution in [2.45, 2.75) is 70.8 Å². The molecule has 2 aliphatic rings. The molecule has 3 heterocycles. The molecule has 0 radical (unpaired) electrons. The lowest BCUT2D eigenvalue weighted by Crippen LogP contribution is -2.50. The molecule has 44 heavy (non-hydrogen) atoms. The summed E-state index contributed by atoms with van der Waals surface area (Å²) in [6.07, 6.45) is -4.30. The second-order valence-electron chi connectivity index (χ2n) is 11.3. The number of nitrogens with zero attached hydrogens (tertiary/aromatic N) is 3. The van der Waals surface area contributed by atoms with Gasteiger partial charge < -0.3 is 20.1 Å². The second-order valence-corrected chi connectivity index (χ2v) is 11.3. The number of fused-ring (bicyclic) bond motifs is 1. The molecule has 3 amide bonds. The first-order chi connectivity index (χ1) is 20.7. The Morgan fingerprint density at radius 2 is 1.68 bits per heavy atom. The highest BCUT2D eigenvalue weighted by Gasteiger charge is 2.41. The highest BCUT2D eigenvalue weighted by molar-refractivity contribution is 6.01. The van der Waals surface area contributed by atoms with Gasteiger partial charge in [0.2, 0.25) is 17.7 Å². The molecule has 1 aromatic carbocycles. The number of rotatable bonds is 6. The molecule has 1 aliphatic carbocycles. The molecule has 234 valence electrons. The lowest BCUT2D eigenvalue weighted by molar-refractivity contribution is -0.137. The Morgan fingerprint density at radius 1 is 1.00 bits per heavy atom. The van der Waals surface area contributed by atoms with Crippen molar-refractivity contribution in [2.24, 2.45) is 5.92 Å². The first-order valence-corrected chi connectivity index (χ1v) is 14.3. The highest BCUT2D eigenvalue weighted by Crippen LogP contribution is 2.39. The maximum Gasteiger partial charge on any atom is 0.417 e. The summed E-state index contributed by atoms with van der Waals surface area (Å²) in [6, 6.07) is 8.85. The normalized spacial score (nSPS) is 17.5. The van der Waals surface area contributed by atoms with Gasteiger partial charge in [-0.05, 0) is 61.6 Å². The smallest absolute Gasteiger partial charge is 0.339 e. The summed E-state index contributed by atoms with van der Waals surface area (Å²) < 4.78 is 70.6. The highest BCUT2D eigenvalue weighted by atomic mass is 19.4.